The Kier molecular flexibility index (Phi) is 7.85. The second-order valence-corrected chi connectivity index (χ2v) is 13.7. The molecule has 1 heterocycles. The summed E-state index contributed by atoms with van der Waals surface area (Å²) in [5.74, 6) is 0. The van der Waals surface area contributed by atoms with Crippen LogP contribution in [0.3, 0.4) is 0 Å². The zero-order valence-corrected chi connectivity index (χ0v) is 29.6. The molecule has 9 aromatic carbocycles. The number of rotatable bonds is 7. The molecule has 0 aliphatic rings. The first-order chi connectivity index (χ1) is 26.8. The fraction of sp³-hybridized carbons (Fsp3) is 0. The lowest BCUT2D eigenvalue weighted by atomic mass is 9.98. The average Bonchev–Trinajstić information content (AvgIpc) is 3.65. The number of benzene rings is 9. The molecule has 0 aliphatic carbocycles. The fourth-order valence-electron chi connectivity index (χ4n) is 7.77. The van der Waals surface area contributed by atoms with Gasteiger partial charge in [0.2, 0.25) is 0 Å². The average molecular weight is 690 g/mol. The molecule has 54 heavy (non-hydrogen) atoms. The van der Waals surface area contributed by atoms with Gasteiger partial charge in [-0.05, 0) is 104 Å². The Morgan fingerprint density at radius 1 is 0.315 bits per heavy atom. The molecule has 2 nitrogen and oxygen atoms in total. The van der Waals surface area contributed by atoms with E-state index in [1.165, 1.54) is 44.2 Å². The minimum Gasteiger partial charge on any atom is -0.454 e. The van der Waals surface area contributed by atoms with Crippen molar-refractivity contribution < 1.29 is 4.42 Å². The minimum atomic E-state index is 0.870. The molecule has 0 fully saturated rings. The Morgan fingerprint density at radius 3 is 1.28 bits per heavy atom. The molecule has 0 bridgehead atoms. The molecule has 0 spiro atoms. The van der Waals surface area contributed by atoms with Crippen molar-refractivity contribution in [2.24, 2.45) is 0 Å². The zero-order chi connectivity index (χ0) is 35.8. The SMILES string of the molecule is c1ccc(-c2cccc(-c3ccc(N(c4ccc(-c5cccc(-c6ccccc6)c5)cc4)c4cc5ccccc5c5c4oc4ccccc45)cc3)c2)cc1. The van der Waals surface area contributed by atoms with Gasteiger partial charge < -0.3 is 9.32 Å². The van der Waals surface area contributed by atoms with E-state index in [1.807, 2.05) is 6.07 Å². The molecule has 0 N–H and O–H groups in total. The molecule has 0 saturated carbocycles. The van der Waals surface area contributed by atoms with Gasteiger partial charge in [0, 0.05) is 22.1 Å². The van der Waals surface area contributed by atoms with Crippen LogP contribution in [0.1, 0.15) is 0 Å². The van der Waals surface area contributed by atoms with Crippen LogP contribution in [-0.4, -0.2) is 0 Å². The molecule has 2 heteroatoms. The fourth-order valence-corrected chi connectivity index (χ4v) is 7.77. The van der Waals surface area contributed by atoms with Crippen molar-refractivity contribution in [2.45, 2.75) is 0 Å². The number of para-hydroxylation sites is 1. The van der Waals surface area contributed by atoms with E-state index in [-0.39, 0.29) is 0 Å². The predicted octanol–water partition coefficient (Wildman–Crippen LogP) is 14.9. The molecule has 0 atom stereocenters. The second kappa shape index (κ2) is 13.4. The lowest BCUT2D eigenvalue weighted by Gasteiger charge is -2.26. The largest absolute Gasteiger partial charge is 0.454 e. The molecule has 254 valence electrons. The van der Waals surface area contributed by atoms with Gasteiger partial charge in [-0.3, -0.25) is 0 Å². The van der Waals surface area contributed by atoms with Gasteiger partial charge in [-0.25, -0.2) is 0 Å². The summed E-state index contributed by atoms with van der Waals surface area (Å²) in [7, 11) is 0. The Labute approximate surface area is 314 Å². The van der Waals surface area contributed by atoms with E-state index in [0.29, 0.717) is 0 Å². The van der Waals surface area contributed by atoms with Crippen molar-refractivity contribution >= 4 is 49.8 Å². The van der Waals surface area contributed by atoms with Gasteiger partial charge in [0.1, 0.15) is 5.58 Å². The lowest BCUT2D eigenvalue weighted by Crippen LogP contribution is -2.10. The van der Waals surface area contributed by atoms with Gasteiger partial charge in [-0.15, -0.1) is 0 Å². The Morgan fingerprint density at radius 2 is 0.741 bits per heavy atom. The Balaban J connectivity index is 1.11. The summed E-state index contributed by atoms with van der Waals surface area (Å²) in [6.45, 7) is 0. The van der Waals surface area contributed by atoms with Crippen LogP contribution in [0.25, 0.3) is 77.2 Å². The van der Waals surface area contributed by atoms with Gasteiger partial charge in [-0.1, -0.05) is 164 Å². The van der Waals surface area contributed by atoms with Gasteiger partial charge in [0.05, 0.1) is 5.69 Å². The zero-order valence-electron chi connectivity index (χ0n) is 29.6. The van der Waals surface area contributed by atoms with E-state index < -0.39 is 0 Å². The quantitative estimate of drug-likeness (QED) is 0.166. The topological polar surface area (TPSA) is 16.4 Å². The maximum absolute atomic E-state index is 6.77. The van der Waals surface area contributed by atoms with E-state index in [4.69, 9.17) is 4.42 Å². The summed E-state index contributed by atoms with van der Waals surface area (Å²) in [6.07, 6.45) is 0. The van der Waals surface area contributed by atoms with E-state index in [9.17, 15) is 0 Å². The maximum atomic E-state index is 6.77. The predicted molar refractivity (Wildman–Crippen MR) is 228 cm³/mol. The highest BCUT2D eigenvalue weighted by atomic mass is 16.3. The van der Waals surface area contributed by atoms with Crippen LogP contribution in [0.15, 0.2) is 217 Å². The third-order valence-electron chi connectivity index (χ3n) is 10.4. The first-order valence-corrected chi connectivity index (χ1v) is 18.4. The van der Waals surface area contributed by atoms with Crippen molar-refractivity contribution in [2.75, 3.05) is 4.90 Å². The molecule has 0 unspecified atom stereocenters. The second-order valence-electron chi connectivity index (χ2n) is 13.7. The first kappa shape index (κ1) is 31.6. The number of anilines is 3. The van der Waals surface area contributed by atoms with E-state index >= 15 is 0 Å². The highest BCUT2D eigenvalue weighted by Gasteiger charge is 2.22. The van der Waals surface area contributed by atoms with Crippen molar-refractivity contribution in [1.82, 2.24) is 0 Å². The number of hydrogen-bond acceptors (Lipinski definition) is 2. The summed E-state index contributed by atoms with van der Waals surface area (Å²) >= 11 is 0. The number of hydrogen-bond donors (Lipinski definition) is 0. The summed E-state index contributed by atoms with van der Waals surface area (Å²) in [5, 5.41) is 4.60. The maximum Gasteiger partial charge on any atom is 0.160 e. The minimum absolute atomic E-state index is 0.870. The van der Waals surface area contributed by atoms with E-state index in [0.717, 1.165) is 50.1 Å². The van der Waals surface area contributed by atoms with Crippen LogP contribution in [0.4, 0.5) is 17.1 Å². The third kappa shape index (κ3) is 5.71. The molecule has 0 aliphatic heterocycles. The van der Waals surface area contributed by atoms with Crippen LogP contribution in [0, 0.1) is 0 Å². The molecular formula is C52H35NO. The van der Waals surface area contributed by atoms with Crippen LogP contribution in [0.2, 0.25) is 0 Å². The summed E-state index contributed by atoms with van der Waals surface area (Å²) in [6, 6.07) is 75.7. The molecule has 0 saturated heterocycles. The Bertz CT molecular complexity index is 2780. The lowest BCUT2D eigenvalue weighted by molar-refractivity contribution is 0.669. The number of nitrogens with zero attached hydrogens (tertiary/aromatic N) is 1. The van der Waals surface area contributed by atoms with Crippen molar-refractivity contribution in [3.63, 3.8) is 0 Å². The molecule has 10 aromatic rings. The first-order valence-electron chi connectivity index (χ1n) is 18.4. The summed E-state index contributed by atoms with van der Waals surface area (Å²) in [4.78, 5) is 2.34. The summed E-state index contributed by atoms with van der Waals surface area (Å²) < 4.78 is 6.77. The van der Waals surface area contributed by atoms with Crippen LogP contribution < -0.4 is 4.90 Å². The van der Waals surface area contributed by atoms with Gasteiger partial charge in [0.25, 0.3) is 0 Å². The highest BCUT2D eigenvalue weighted by Crippen LogP contribution is 2.46. The van der Waals surface area contributed by atoms with Crippen molar-refractivity contribution in [3.8, 4) is 44.5 Å². The normalized spacial score (nSPS) is 11.3. The van der Waals surface area contributed by atoms with Crippen LogP contribution in [0.5, 0.6) is 0 Å². The number of furan rings is 1. The number of fused-ring (bicyclic) bond motifs is 5. The van der Waals surface area contributed by atoms with Gasteiger partial charge >= 0.3 is 0 Å². The molecule has 0 amide bonds. The highest BCUT2D eigenvalue weighted by molar-refractivity contribution is 6.23. The van der Waals surface area contributed by atoms with Gasteiger partial charge in [-0.2, -0.15) is 0 Å². The van der Waals surface area contributed by atoms with E-state index in [2.05, 4.69) is 211 Å². The van der Waals surface area contributed by atoms with Crippen molar-refractivity contribution in [3.05, 3.63) is 212 Å². The summed E-state index contributed by atoms with van der Waals surface area (Å²) in [5.41, 5.74) is 14.4. The van der Waals surface area contributed by atoms with Crippen molar-refractivity contribution in [1.29, 1.82) is 0 Å². The molecule has 0 radical (unpaired) electrons. The molecule has 10 rings (SSSR count). The van der Waals surface area contributed by atoms with E-state index in [1.54, 1.807) is 0 Å². The Hall–Kier alpha value is -7.16. The standard InChI is InChI=1S/C52H35NO/c1-3-13-36(14-4-1)40-18-11-20-42(33-40)38-25-29-45(30-26-38)53(46-31-27-39(28-32-46)43-21-12-19-41(34-43)37-15-5-2-6-16-37)49-35-44-17-7-8-22-47(44)51-48-23-9-10-24-50(48)54-52(49)51/h1-35H. The smallest absolute Gasteiger partial charge is 0.160 e. The van der Waals surface area contributed by atoms with Crippen LogP contribution in [-0.2, 0) is 0 Å². The third-order valence-corrected chi connectivity index (χ3v) is 10.4. The molecular weight excluding hydrogens is 655 g/mol. The monoisotopic (exact) mass is 689 g/mol. The van der Waals surface area contributed by atoms with Crippen LogP contribution >= 0.6 is 0 Å². The van der Waals surface area contributed by atoms with Gasteiger partial charge in [0.15, 0.2) is 5.58 Å². The molecule has 1 aromatic heterocycles.